The molecule has 1 spiro atoms. The minimum Gasteiger partial charge on any atom is -0.348 e. The summed E-state index contributed by atoms with van der Waals surface area (Å²) in [5.74, 6) is -0.119. The minimum atomic E-state index is -0.427. The normalized spacial score (nSPS) is 19.0. The Balaban J connectivity index is 1.50. The lowest BCUT2D eigenvalue weighted by Gasteiger charge is -2.50. The molecule has 28 heavy (non-hydrogen) atoms. The van der Waals surface area contributed by atoms with Gasteiger partial charge in [0.2, 0.25) is 5.91 Å². The molecule has 2 aliphatic heterocycles. The van der Waals surface area contributed by atoms with Gasteiger partial charge in [-0.2, -0.15) is 0 Å². The Hall–Kier alpha value is -2.68. The molecule has 9 heteroatoms. The largest absolute Gasteiger partial charge is 0.348 e. The predicted molar refractivity (Wildman–Crippen MR) is 103 cm³/mol. The smallest absolute Gasteiger partial charge is 0.266 e. The molecule has 9 nitrogen and oxygen atoms in total. The summed E-state index contributed by atoms with van der Waals surface area (Å²) in [4.78, 5) is 48.2. The number of carbonyl (C=O) groups excluding carboxylic acids is 1. The molecule has 0 unspecified atom stereocenters. The number of aromatic amines is 3. The summed E-state index contributed by atoms with van der Waals surface area (Å²) in [6.07, 6.45) is 5.42. The van der Waals surface area contributed by atoms with Crippen molar-refractivity contribution in [2.24, 2.45) is 0 Å². The molecule has 2 aromatic rings. The number of hydrogen-bond donors (Lipinski definition) is 3. The summed E-state index contributed by atoms with van der Waals surface area (Å²) in [6.45, 7) is 5.44. The van der Waals surface area contributed by atoms with Crippen LogP contribution in [0.25, 0.3) is 0 Å². The van der Waals surface area contributed by atoms with Crippen LogP contribution in [-0.4, -0.2) is 62.1 Å². The summed E-state index contributed by atoms with van der Waals surface area (Å²) in [7, 11) is 0. The van der Waals surface area contributed by atoms with Crippen LogP contribution in [0.4, 0.5) is 0 Å². The van der Waals surface area contributed by atoms with Gasteiger partial charge >= 0.3 is 0 Å². The average Bonchev–Trinajstić information content (AvgIpc) is 3.18. The lowest BCUT2D eigenvalue weighted by molar-refractivity contribution is -0.133. The quantitative estimate of drug-likeness (QED) is 0.690. The van der Waals surface area contributed by atoms with Crippen LogP contribution in [0, 0.1) is 0 Å². The van der Waals surface area contributed by atoms with Crippen LogP contribution in [0.3, 0.4) is 0 Å². The van der Waals surface area contributed by atoms with E-state index in [1.165, 1.54) is 11.8 Å². The number of piperidine rings is 1. The standard InChI is InChI=1S/C19H26N6O3/c1-2-6-25-7-3-14-17(21-12-20-14)19(25)4-8-24(9-5-19)16(27)11-13-10-15(26)22-23-18(13)28/h10,12H,2-9,11H2,1H3,(H,20,21)(H,22,26)(H,23,28). The van der Waals surface area contributed by atoms with Gasteiger partial charge in [0.15, 0.2) is 0 Å². The highest BCUT2D eigenvalue weighted by atomic mass is 16.2. The van der Waals surface area contributed by atoms with Crippen molar-refractivity contribution in [3.8, 4) is 0 Å². The van der Waals surface area contributed by atoms with E-state index in [1.807, 2.05) is 0 Å². The Morgan fingerprint density at radius 1 is 1.21 bits per heavy atom. The van der Waals surface area contributed by atoms with Crippen LogP contribution >= 0.6 is 0 Å². The molecular weight excluding hydrogens is 360 g/mol. The molecule has 0 bridgehead atoms. The lowest BCUT2D eigenvalue weighted by Crippen LogP contribution is -2.57. The van der Waals surface area contributed by atoms with Crippen LogP contribution in [0.2, 0.25) is 0 Å². The monoisotopic (exact) mass is 386 g/mol. The zero-order valence-electron chi connectivity index (χ0n) is 16.1. The van der Waals surface area contributed by atoms with Crippen molar-refractivity contribution in [1.29, 1.82) is 0 Å². The van der Waals surface area contributed by atoms with Crippen molar-refractivity contribution in [2.75, 3.05) is 26.2 Å². The highest BCUT2D eigenvalue weighted by Gasteiger charge is 2.46. The van der Waals surface area contributed by atoms with Crippen molar-refractivity contribution in [3.63, 3.8) is 0 Å². The van der Waals surface area contributed by atoms with E-state index in [0.717, 1.165) is 44.5 Å². The van der Waals surface area contributed by atoms with Crippen LogP contribution in [0.5, 0.6) is 0 Å². The fourth-order valence-electron chi connectivity index (χ4n) is 4.66. The number of imidazole rings is 1. The van der Waals surface area contributed by atoms with Gasteiger partial charge < -0.3 is 9.88 Å². The molecule has 0 aliphatic carbocycles. The molecule has 0 radical (unpaired) electrons. The molecule has 1 saturated heterocycles. The van der Waals surface area contributed by atoms with E-state index in [1.54, 1.807) is 11.2 Å². The molecule has 2 aliphatic rings. The summed E-state index contributed by atoms with van der Waals surface area (Å²) >= 11 is 0. The second-order valence-electron chi connectivity index (χ2n) is 7.67. The van der Waals surface area contributed by atoms with Gasteiger partial charge in [0.25, 0.3) is 11.1 Å². The van der Waals surface area contributed by atoms with Crippen molar-refractivity contribution in [3.05, 3.63) is 50.1 Å². The first kappa shape index (κ1) is 18.7. The van der Waals surface area contributed by atoms with Crippen molar-refractivity contribution < 1.29 is 4.79 Å². The Kier molecular flexibility index (Phi) is 4.92. The fraction of sp³-hybridized carbons (Fsp3) is 0.579. The number of fused-ring (bicyclic) bond motifs is 2. The summed E-state index contributed by atoms with van der Waals surface area (Å²) in [5, 5.41) is 4.49. The summed E-state index contributed by atoms with van der Waals surface area (Å²) in [6, 6.07) is 1.20. The number of aromatic nitrogens is 4. The third-order valence-electron chi connectivity index (χ3n) is 6.07. The molecule has 3 N–H and O–H groups in total. The second-order valence-corrected chi connectivity index (χ2v) is 7.67. The minimum absolute atomic E-state index is 0.0570. The highest BCUT2D eigenvalue weighted by Crippen LogP contribution is 2.42. The van der Waals surface area contributed by atoms with E-state index < -0.39 is 11.1 Å². The van der Waals surface area contributed by atoms with E-state index in [-0.39, 0.29) is 23.4 Å². The van der Waals surface area contributed by atoms with Gasteiger partial charge in [0.1, 0.15) is 0 Å². The fourth-order valence-corrected chi connectivity index (χ4v) is 4.66. The average molecular weight is 386 g/mol. The third-order valence-corrected chi connectivity index (χ3v) is 6.07. The molecule has 0 aromatic carbocycles. The van der Waals surface area contributed by atoms with E-state index in [2.05, 4.69) is 32.0 Å². The van der Waals surface area contributed by atoms with Gasteiger partial charge in [-0.25, -0.2) is 4.98 Å². The van der Waals surface area contributed by atoms with Crippen LogP contribution in [0.15, 0.2) is 22.0 Å². The van der Waals surface area contributed by atoms with Crippen LogP contribution in [-0.2, 0) is 23.2 Å². The van der Waals surface area contributed by atoms with E-state index in [4.69, 9.17) is 0 Å². The number of hydrogen-bond acceptors (Lipinski definition) is 5. The first-order valence-electron chi connectivity index (χ1n) is 9.90. The number of H-pyrrole nitrogens is 3. The molecule has 1 fully saturated rings. The first-order chi connectivity index (χ1) is 13.5. The van der Waals surface area contributed by atoms with Gasteiger partial charge in [-0.05, 0) is 25.8 Å². The lowest BCUT2D eigenvalue weighted by atomic mass is 9.78. The maximum absolute atomic E-state index is 12.7. The molecule has 4 rings (SSSR count). The Bertz CT molecular complexity index is 966. The van der Waals surface area contributed by atoms with Gasteiger partial charge in [0, 0.05) is 43.4 Å². The SMILES string of the molecule is CCCN1CCc2[nH]cnc2C12CCN(C(=O)Cc1cc(=O)[nH][nH]c1=O)CC2. The van der Waals surface area contributed by atoms with E-state index in [9.17, 15) is 14.4 Å². The number of nitrogens with zero attached hydrogens (tertiary/aromatic N) is 3. The zero-order chi connectivity index (χ0) is 19.7. The van der Waals surface area contributed by atoms with Gasteiger partial charge in [-0.15, -0.1) is 0 Å². The zero-order valence-corrected chi connectivity index (χ0v) is 16.1. The third kappa shape index (κ3) is 3.19. The molecule has 2 aromatic heterocycles. The Morgan fingerprint density at radius 3 is 2.75 bits per heavy atom. The molecule has 1 amide bonds. The number of nitrogens with one attached hydrogen (secondary N) is 3. The van der Waals surface area contributed by atoms with Gasteiger partial charge in [-0.3, -0.25) is 29.5 Å². The molecule has 150 valence electrons. The topological polar surface area (TPSA) is 118 Å². The number of amides is 1. The van der Waals surface area contributed by atoms with Crippen LogP contribution < -0.4 is 11.1 Å². The highest BCUT2D eigenvalue weighted by molar-refractivity contribution is 5.78. The summed E-state index contributed by atoms with van der Waals surface area (Å²) in [5.41, 5.74) is 1.58. The first-order valence-corrected chi connectivity index (χ1v) is 9.90. The predicted octanol–water partition coefficient (Wildman–Crippen LogP) is 0.115. The molecule has 0 atom stereocenters. The Morgan fingerprint density at radius 2 is 2.00 bits per heavy atom. The maximum Gasteiger partial charge on any atom is 0.266 e. The van der Waals surface area contributed by atoms with Gasteiger partial charge in [0.05, 0.1) is 24.0 Å². The van der Waals surface area contributed by atoms with E-state index >= 15 is 0 Å². The Labute approximate surface area is 162 Å². The number of rotatable bonds is 4. The maximum atomic E-state index is 12.7. The van der Waals surface area contributed by atoms with E-state index in [0.29, 0.717) is 13.1 Å². The number of carbonyl (C=O) groups is 1. The summed E-state index contributed by atoms with van der Waals surface area (Å²) < 4.78 is 0. The van der Waals surface area contributed by atoms with Crippen molar-refractivity contribution in [2.45, 2.75) is 44.6 Å². The van der Waals surface area contributed by atoms with Crippen molar-refractivity contribution in [1.82, 2.24) is 30.0 Å². The van der Waals surface area contributed by atoms with Crippen molar-refractivity contribution >= 4 is 5.91 Å². The van der Waals surface area contributed by atoms with Gasteiger partial charge in [-0.1, -0.05) is 6.92 Å². The number of likely N-dealkylation sites (tertiary alicyclic amines) is 1. The molecule has 0 saturated carbocycles. The second kappa shape index (κ2) is 7.38. The van der Waals surface area contributed by atoms with Crippen LogP contribution in [0.1, 0.15) is 43.1 Å². The molecule has 4 heterocycles. The molecular formula is C19H26N6O3.